The Hall–Kier alpha value is -2.49. The van der Waals surface area contributed by atoms with Crippen LogP contribution >= 0.6 is 11.3 Å². The minimum absolute atomic E-state index is 0.143. The van der Waals surface area contributed by atoms with E-state index in [1.54, 1.807) is 12.1 Å². The number of nitrogens with zero attached hydrogens (tertiary/aromatic N) is 3. The summed E-state index contributed by atoms with van der Waals surface area (Å²) in [4.78, 5) is 18.2. The van der Waals surface area contributed by atoms with E-state index in [4.69, 9.17) is 4.74 Å². The third-order valence-corrected chi connectivity index (χ3v) is 8.64. The number of amides is 1. The molecule has 1 saturated heterocycles. The normalized spacial score (nSPS) is 18.4. The Balaban J connectivity index is 1.58. The summed E-state index contributed by atoms with van der Waals surface area (Å²) < 4.78 is 35.6. The van der Waals surface area contributed by atoms with Crippen molar-refractivity contribution in [3.8, 4) is 5.75 Å². The molecular weight excluding hydrogens is 434 g/mol. The van der Waals surface area contributed by atoms with Crippen LogP contribution in [0.4, 0.5) is 0 Å². The van der Waals surface area contributed by atoms with Crippen LogP contribution < -0.4 is 9.54 Å². The molecule has 2 aromatic carbocycles. The molecule has 1 atom stereocenters. The number of methoxy groups -OCH3 is 1. The van der Waals surface area contributed by atoms with Crippen LogP contribution in [0.5, 0.6) is 5.75 Å². The molecule has 1 aliphatic rings. The number of thiazole rings is 1. The Labute approximate surface area is 185 Å². The Bertz CT molecular complexity index is 1290. The molecule has 0 saturated carbocycles. The zero-order chi connectivity index (χ0) is 22.2. The van der Waals surface area contributed by atoms with Crippen LogP contribution in [0.25, 0.3) is 10.2 Å². The summed E-state index contributed by atoms with van der Waals surface area (Å²) in [6.45, 7) is 2.57. The highest BCUT2D eigenvalue weighted by Crippen LogP contribution is 2.26. The van der Waals surface area contributed by atoms with Crippen LogP contribution in [-0.2, 0) is 21.9 Å². The number of carbonyl (C=O) groups is 1. The molecule has 7 nitrogen and oxygen atoms in total. The molecule has 0 N–H and O–H groups in total. The third kappa shape index (κ3) is 4.17. The van der Waals surface area contributed by atoms with Crippen molar-refractivity contribution in [2.24, 2.45) is 18.0 Å². The Kier molecular flexibility index (Phi) is 6.00. The van der Waals surface area contributed by atoms with Gasteiger partial charge < -0.3 is 9.30 Å². The van der Waals surface area contributed by atoms with Crippen LogP contribution in [0.15, 0.2) is 52.4 Å². The molecule has 1 unspecified atom stereocenters. The highest BCUT2D eigenvalue weighted by molar-refractivity contribution is 7.89. The highest BCUT2D eigenvalue weighted by Gasteiger charge is 2.33. The summed E-state index contributed by atoms with van der Waals surface area (Å²) in [5.74, 6) is -0.126. The van der Waals surface area contributed by atoms with Crippen molar-refractivity contribution in [3.63, 3.8) is 0 Å². The van der Waals surface area contributed by atoms with E-state index in [-0.39, 0.29) is 17.3 Å². The standard InChI is InChI=1S/C22H25N3O4S2/c1-15-6-4-8-19-20(15)24(2)22(30-19)23-21(26)16-7-5-13-25(14-16)31(27,28)18-11-9-17(29-3)10-12-18/h4,6,8-12,16H,5,7,13-14H2,1-3H3. The number of fused-ring (bicyclic) bond motifs is 1. The summed E-state index contributed by atoms with van der Waals surface area (Å²) in [5.41, 5.74) is 2.19. The van der Waals surface area contributed by atoms with Gasteiger partial charge >= 0.3 is 0 Å². The van der Waals surface area contributed by atoms with Gasteiger partial charge in [-0.05, 0) is 55.7 Å². The summed E-state index contributed by atoms with van der Waals surface area (Å²) in [7, 11) is -0.244. The van der Waals surface area contributed by atoms with E-state index < -0.39 is 15.9 Å². The smallest absolute Gasteiger partial charge is 0.252 e. The van der Waals surface area contributed by atoms with E-state index in [0.717, 1.165) is 15.8 Å². The second-order valence-corrected chi connectivity index (χ2v) is 10.6. The highest BCUT2D eigenvalue weighted by atomic mass is 32.2. The number of ether oxygens (including phenoxy) is 1. The second-order valence-electron chi connectivity index (χ2n) is 7.69. The van der Waals surface area contributed by atoms with Gasteiger partial charge in [-0.25, -0.2) is 8.42 Å². The maximum atomic E-state index is 13.1. The molecule has 1 amide bonds. The number of hydrogen-bond acceptors (Lipinski definition) is 5. The van der Waals surface area contributed by atoms with Crippen molar-refractivity contribution in [2.75, 3.05) is 20.2 Å². The lowest BCUT2D eigenvalue weighted by Gasteiger charge is -2.30. The topological polar surface area (TPSA) is 81.0 Å². The Morgan fingerprint density at radius 3 is 2.61 bits per heavy atom. The van der Waals surface area contributed by atoms with Gasteiger partial charge in [-0.3, -0.25) is 4.79 Å². The Morgan fingerprint density at radius 2 is 1.94 bits per heavy atom. The van der Waals surface area contributed by atoms with Gasteiger partial charge in [-0.2, -0.15) is 9.30 Å². The van der Waals surface area contributed by atoms with E-state index in [9.17, 15) is 13.2 Å². The fraction of sp³-hybridized carbons (Fsp3) is 0.364. The largest absolute Gasteiger partial charge is 0.497 e. The zero-order valence-corrected chi connectivity index (χ0v) is 19.4. The molecule has 31 heavy (non-hydrogen) atoms. The van der Waals surface area contributed by atoms with Crippen LogP contribution in [0.1, 0.15) is 18.4 Å². The number of sulfonamides is 1. The molecule has 1 fully saturated rings. The number of carbonyl (C=O) groups excluding carboxylic acids is 1. The molecule has 0 aliphatic carbocycles. The second kappa shape index (κ2) is 8.57. The van der Waals surface area contributed by atoms with Crippen molar-refractivity contribution in [3.05, 3.63) is 52.8 Å². The number of aromatic nitrogens is 1. The van der Waals surface area contributed by atoms with Gasteiger partial charge in [-0.15, -0.1) is 0 Å². The number of para-hydroxylation sites is 1. The molecule has 2 heterocycles. The van der Waals surface area contributed by atoms with E-state index in [2.05, 4.69) is 4.99 Å². The molecular formula is C22H25N3O4S2. The first-order valence-corrected chi connectivity index (χ1v) is 12.3. The van der Waals surface area contributed by atoms with Gasteiger partial charge in [0.1, 0.15) is 5.75 Å². The number of benzene rings is 2. The molecule has 164 valence electrons. The molecule has 1 aliphatic heterocycles. The summed E-state index contributed by atoms with van der Waals surface area (Å²) in [6.07, 6.45) is 1.25. The van der Waals surface area contributed by atoms with Crippen LogP contribution in [-0.4, -0.2) is 43.4 Å². The monoisotopic (exact) mass is 459 g/mol. The first kappa shape index (κ1) is 21.7. The van der Waals surface area contributed by atoms with Gasteiger partial charge in [0.2, 0.25) is 10.0 Å². The lowest BCUT2D eigenvalue weighted by molar-refractivity contribution is -0.122. The third-order valence-electron chi connectivity index (χ3n) is 5.66. The predicted molar refractivity (Wildman–Crippen MR) is 121 cm³/mol. The van der Waals surface area contributed by atoms with Gasteiger partial charge in [0.15, 0.2) is 4.80 Å². The van der Waals surface area contributed by atoms with Gasteiger partial charge in [0.25, 0.3) is 5.91 Å². The average molecular weight is 460 g/mol. The molecule has 4 rings (SSSR count). The minimum Gasteiger partial charge on any atom is -0.497 e. The van der Waals surface area contributed by atoms with E-state index in [0.29, 0.717) is 29.9 Å². The fourth-order valence-electron chi connectivity index (χ4n) is 3.95. The molecule has 3 aromatic rings. The van der Waals surface area contributed by atoms with Crippen molar-refractivity contribution >= 4 is 37.5 Å². The minimum atomic E-state index is -3.68. The zero-order valence-electron chi connectivity index (χ0n) is 17.7. The molecule has 9 heteroatoms. The average Bonchev–Trinajstić information content (AvgIpc) is 3.10. The van der Waals surface area contributed by atoms with Crippen molar-refractivity contribution in [1.82, 2.24) is 8.87 Å². The quantitative estimate of drug-likeness (QED) is 0.601. The summed E-state index contributed by atoms with van der Waals surface area (Å²) in [5, 5.41) is 0. The van der Waals surface area contributed by atoms with E-state index in [1.807, 2.05) is 36.7 Å². The predicted octanol–water partition coefficient (Wildman–Crippen LogP) is 3.09. The summed E-state index contributed by atoms with van der Waals surface area (Å²) >= 11 is 1.47. The first-order valence-electron chi connectivity index (χ1n) is 10.1. The Morgan fingerprint density at radius 1 is 1.19 bits per heavy atom. The lowest BCUT2D eigenvalue weighted by Crippen LogP contribution is -2.42. The number of aryl methyl sites for hydroxylation is 2. The maximum Gasteiger partial charge on any atom is 0.252 e. The van der Waals surface area contributed by atoms with Crippen LogP contribution in [0.3, 0.4) is 0 Å². The van der Waals surface area contributed by atoms with Crippen molar-refractivity contribution in [2.45, 2.75) is 24.7 Å². The number of hydrogen-bond donors (Lipinski definition) is 0. The lowest BCUT2D eigenvalue weighted by atomic mass is 9.99. The SMILES string of the molecule is COc1ccc(S(=O)(=O)N2CCCC(C(=O)N=c3sc4cccc(C)c4n3C)C2)cc1. The molecule has 1 aromatic heterocycles. The van der Waals surface area contributed by atoms with Crippen LogP contribution in [0, 0.1) is 12.8 Å². The van der Waals surface area contributed by atoms with Crippen LogP contribution in [0.2, 0.25) is 0 Å². The molecule has 0 bridgehead atoms. The fourth-order valence-corrected chi connectivity index (χ4v) is 6.57. The summed E-state index contributed by atoms with van der Waals surface area (Å²) in [6, 6.07) is 12.3. The number of piperidine rings is 1. The maximum absolute atomic E-state index is 13.1. The molecule has 0 radical (unpaired) electrons. The van der Waals surface area contributed by atoms with Gasteiger partial charge in [0.05, 0.1) is 28.1 Å². The van der Waals surface area contributed by atoms with Gasteiger partial charge in [0, 0.05) is 20.1 Å². The van der Waals surface area contributed by atoms with Crippen molar-refractivity contribution in [1.29, 1.82) is 0 Å². The van der Waals surface area contributed by atoms with Gasteiger partial charge in [-0.1, -0.05) is 23.5 Å². The van der Waals surface area contributed by atoms with E-state index in [1.165, 1.54) is 34.9 Å². The molecule has 0 spiro atoms. The van der Waals surface area contributed by atoms with E-state index >= 15 is 0 Å². The number of rotatable bonds is 4. The first-order chi connectivity index (χ1) is 14.8. The van der Waals surface area contributed by atoms with Crippen molar-refractivity contribution < 1.29 is 17.9 Å².